The van der Waals surface area contributed by atoms with Gasteiger partial charge in [0.15, 0.2) is 0 Å². The third-order valence-electron chi connectivity index (χ3n) is 4.28. The number of hydrogen-bond donors (Lipinski definition) is 2. The van der Waals surface area contributed by atoms with Gasteiger partial charge in [-0.3, -0.25) is 9.46 Å². The van der Waals surface area contributed by atoms with Gasteiger partial charge in [0.25, 0.3) is 0 Å². The van der Waals surface area contributed by atoms with Crippen molar-refractivity contribution < 1.29 is 19.1 Å². The first-order valence-corrected chi connectivity index (χ1v) is 10.2. The number of benzene rings is 1. The summed E-state index contributed by atoms with van der Waals surface area (Å²) in [5.41, 5.74) is 0.847. The highest BCUT2D eigenvalue weighted by Crippen LogP contribution is 2.34. The Bertz CT molecular complexity index is 774. The van der Waals surface area contributed by atoms with Crippen molar-refractivity contribution in [2.45, 2.75) is 6.92 Å². The van der Waals surface area contributed by atoms with E-state index in [1.807, 2.05) is 25.1 Å². The van der Waals surface area contributed by atoms with E-state index in [4.69, 9.17) is 14.5 Å². The van der Waals surface area contributed by atoms with Crippen molar-refractivity contribution >= 4 is 24.3 Å². The summed E-state index contributed by atoms with van der Waals surface area (Å²) in [5.74, 6) is 1.68. The number of anilines is 1. The minimum Gasteiger partial charge on any atom is -0.494 e. The van der Waals surface area contributed by atoms with E-state index in [1.54, 1.807) is 6.33 Å². The van der Waals surface area contributed by atoms with E-state index in [-0.39, 0.29) is 6.16 Å². The highest BCUT2D eigenvalue weighted by atomic mass is 31.2. The van der Waals surface area contributed by atoms with Crippen molar-refractivity contribution in [3.05, 3.63) is 24.5 Å². The third kappa shape index (κ3) is 4.67. The molecule has 2 N–H and O–H groups in total. The van der Waals surface area contributed by atoms with E-state index in [0.29, 0.717) is 13.2 Å². The Morgan fingerprint density at radius 1 is 1.20 bits per heavy atom. The molecule has 0 unspecified atom stereocenters. The fourth-order valence-electron chi connectivity index (χ4n) is 2.99. The monoisotopic (exact) mass is 366 g/mol. The maximum Gasteiger partial charge on any atom is 0.326 e. The number of nitrogens with zero attached hydrogens (tertiary/aromatic N) is 4. The molecule has 0 amide bonds. The van der Waals surface area contributed by atoms with Crippen molar-refractivity contribution in [1.29, 1.82) is 0 Å². The molecule has 0 atom stereocenters. The molecule has 136 valence electrons. The zero-order chi connectivity index (χ0) is 17.9. The molecule has 1 aromatic carbocycles. The van der Waals surface area contributed by atoms with Crippen molar-refractivity contribution in [1.82, 2.24) is 14.9 Å². The molecule has 1 saturated heterocycles. The average molecular weight is 366 g/mol. The van der Waals surface area contributed by atoms with Crippen LogP contribution in [0.2, 0.25) is 0 Å². The van der Waals surface area contributed by atoms with Crippen LogP contribution in [0.1, 0.15) is 6.92 Å². The summed E-state index contributed by atoms with van der Waals surface area (Å²) >= 11 is 0. The van der Waals surface area contributed by atoms with Gasteiger partial charge in [-0.2, -0.15) is 0 Å². The van der Waals surface area contributed by atoms with Crippen molar-refractivity contribution in [3.8, 4) is 5.75 Å². The normalized spacial score (nSPS) is 16.4. The molecule has 0 bridgehead atoms. The molecule has 3 rings (SSSR count). The van der Waals surface area contributed by atoms with E-state index in [1.165, 1.54) is 0 Å². The van der Waals surface area contributed by atoms with Crippen molar-refractivity contribution in [3.63, 3.8) is 0 Å². The molecule has 1 fully saturated rings. The smallest absolute Gasteiger partial charge is 0.326 e. The first-order chi connectivity index (χ1) is 12.0. The standard InChI is InChI=1S/C16H23N4O4P/c1-2-24-13-3-4-14-15(11-13)17-12-18-16(14)20-7-5-19(6-8-20)9-10-25(21,22)23/h3-4,11-12H,2,5-10H2,1H3,(H2,21,22,23). The molecule has 8 nitrogen and oxygen atoms in total. The summed E-state index contributed by atoms with van der Waals surface area (Å²) < 4.78 is 16.5. The first-order valence-electron chi connectivity index (χ1n) is 8.36. The average Bonchev–Trinajstić information content (AvgIpc) is 2.59. The van der Waals surface area contributed by atoms with Crippen molar-refractivity contribution in [2.24, 2.45) is 0 Å². The Morgan fingerprint density at radius 2 is 1.96 bits per heavy atom. The van der Waals surface area contributed by atoms with Gasteiger partial charge in [-0.25, -0.2) is 9.97 Å². The molecule has 0 spiro atoms. The summed E-state index contributed by atoms with van der Waals surface area (Å²) in [5, 5.41) is 0.981. The van der Waals surface area contributed by atoms with E-state index < -0.39 is 7.60 Å². The van der Waals surface area contributed by atoms with Crippen LogP contribution in [0.4, 0.5) is 5.82 Å². The van der Waals surface area contributed by atoms with Gasteiger partial charge in [-0.15, -0.1) is 0 Å². The van der Waals surface area contributed by atoms with Crippen LogP contribution in [0.25, 0.3) is 10.9 Å². The summed E-state index contributed by atoms with van der Waals surface area (Å²) in [6.07, 6.45) is 1.47. The zero-order valence-corrected chi connectivity index (χ0v) is 15.1. The summed E-state index contributed by atoms with van der Waals surface area (Å²) in [4.78, 5) is 31.1. The number of hydrogen-bond acceptors (Lipinski definition) is 6. The SMILES string of the molecule is CCOc1ccc2c(N3CCN(CCP(=O)(O)O)CC3)ncnc2c1. The quantitative estimate of drug-likeness (QED) is 0.739. The van der Waals surface area contributed by atoms with Crippen LogP contribution < -0.4 is 9.64 Å². The van der Waals surface area contributed by atoms with E-state index >= 15 is 0 Å². The molecule has 0 saturated carbocycles. The zero-order valence-electron chi connectivity index (χ0n) is 14.2. The van der Waals surface area contributed by atoms with Gasteiger partial charge in [-0.05, 0) is 19.1 Å². The molecule has 1 aliphatic rings. The summed E-state index contributed by atoms with van der Waals surface area (Å²) in [6.45, 7) is 6.01. The predicted molar refractivity (Wildman–Crippen MR) is 96.3 cm³/mol. The molecular weight excluding hydrogens is 343 g/mol. The Hall–Kier alpha value is -1.73. The predicted octanol–water partition coefficient (Wildman–Crippen LogP) is 1.33. The van der Waals surface area contributed by atoms with Crippen LogP contribution in [0.3, 0.4) is 0 Å². The first kappa shape index (κ1) is 18.1. The van der Waals surface area contributed by atoms with Gasteiger partial charge < -0.3 is 19.4 Å². The van der Waals surface area contributed by atoms with Crippen LogP contribution in [-0.2, 0) is 4.57 Å². The van der Waals surface area contributed by atoms with Crippen LogP contribution in [0, 0.1) is 0 Å². The van der Waals surface area contributed by atoms with Crippen LogP contribution in [-0.4, -0.2) is 70.1 Å². The number of ether oxygens (including phenoxy) is 1. The molecule has 0 aliphatic carbocycles. The largest absolute Gasteiger partial charge is 0.494 e. The van der Waals surface area contributed by atoms with Gasteiger partial charge in [0, 0.05) is 44.2 Å². The fourth-order valence-corrected chi connectivity index (χ4v) is 3.53. The molecule has 2 aromatic rings. The van der Waals surface area contributed by atoms with Gasteiger partial charge in [-0.1, -0.05) is 0 Å². The van der Waals surface area contributed by atoms with Gasteiger partial charge >= 0.3 is 7.60 Å². The number of rotatable bonds is 6. The van der Waals surface area contributed by atoms with E-state index in [9.17, 15) is 4.57 Å². The Kier molecular flexibility index (Phi) is 5.54. The lowest BCUT2D eigenvalue weighted by Gasteiger charge is -2.35. The lowest BCUT2D eigenvalue weighted by molar-refractivity contribution is 0.264. The second kappa shape index (κ2) is 7.66. The molecule has 9 heteroatoms. The second-order valence-corrected chi connectivity index (χ2v) is 7.80. The Labute approximate surface area is 146 Å². The van der Waals surface area contributed by atoms with Gasteiger partial charge in [0.1, 0.15) is 17.9 Å². The fraction of sp³-hybridized carbons (Fsp3) is 0.500. The van der Waals surface area contributed by atoms with Crippen molar-refractivity contribution in [2.75, 3.05) is 50.4 Å². The molecule has 2 heterocycles. The highest BCUT2D eigenvalue weighted by molar-refractivity contribution is 7.51. The minimum atomic E-state index is -3.94. The number of aromatic nitrogens is 2. The molecule has 25 heavy (non-hydrogen) atoms. The minimum absolute atomic E-state index is 0.0936. The highest BCUT2D eigenvalue weighted by Gasteiger charge is 2.22. The summed E-state index contributed by atoms with van der Waals surface area (Å²) in [6, 6.07) is 5.82. The van der Waals surface area contributed by atoms with Crippen LogP contribution >= 0.6 is 7.60 Å². The lowest BCUT2D eigenvalue weighted by Crippen LogP contribution is -2.47. The lowest BCUT2D eigenvalue weighted by atomic mass is 10.2. The topological polar surface area (TPSA) is 99.0 Å². The Balaban J connectivity index is 1.70. The molecule has 1 aliphatic heterocycles. The van der Waals surface area contributed by atoms with E-state index in [0.717, 1.165) is 48.6 Å². The maximum absolute atomic E-state index is 11.0. The third-order valence-corrected chi connectivity index (χ3v) is 5.06. The van der Waals surface area contributed by atoms with Gasteiger partial charge in [0.2, 0.25) is 0 Å². The number of fused-ring (bicyclic) bond motifs is 1. The maximum atomic E-state index is 11.0. The molecule has 0 radical (unpaired) electrons. The Morgan fingerprint density at radius 3 is 2.64 bits per heavy atom. The molecule has 1 aromatic heterocycles. The second-order valence-electron chi connectivity index (χ2n) is 6.03. The summed E-state index contributed by atoms with van der Waals surface area (Å²) in [7, 11) is -3.94. The molecular formula is C16H23N4O4P. The van der Waals surface area contributed by atoms with Crippen LogP contribution in [0.5, 0.6) is 5.75 Å². The number of piperazine rings is 1. The van der Waals surface area contributed by atoms with Crippen LogP contribution in [0.15, 0.2) is 24.5 Å². The van der Waals surface area contributed by atoms with E-state index in [2.05, 4.69) is 19.8 Å². The van der Waals surface area contributed by atoms with Gasteiger partial charge in [0.05, 0.1) is 18.3 Å².